The van der Waals surface area contributed by atoms with Crippen LogP contribution in [0.3, 0.4) is 0 Å². The third-order valence-corrected chi connectivity index (χ3v) is 3.76. The fourth-order valence-corrected chi connectivity index (χ4v) is 2.53. The summed E-state index contributed by atoms with van der Waals surface area (Å²) in [5.74, 6) is -0.0320. The molecule has 0 aliphatic carbocycles. The van der Waals surface area contributed by atoms with Gasteiger partial charge in [0.25, 0.3) is 0 Å². The van der Waals surface area contributed by atoms with E-state index in [-0.39, 0.29) is 24.5 Å². The summed E-state index contributed by atoms with van der Waals surface area (Å²) in [4.78, 5) is 3.96. The Bertz CT molecular complexity index is 446. The Balaban J connectivity index is 2.50. The van der Waals surface area contributed by atoms with E-state index < -0.39 is 10.0 Å². The van der Waals surface area contributed by atoms with Gasteiger partial charge in [-0.3, -0.25) is 4.98 Å². The fourth-order valence-electron chi connectivity index (χ4n) is 1.42. The second-order valence-electron chi connectivity index (χ2n) is 4.36. The molecule has 0 bridgehead atoms. The molecule has 0 radical (unpaired) electrons. The van der Waals surface area contributed by atoms with Crippen LogP contribution in [0.1, 0.15) is 32.4 Å². The smallest absolute Gasteiger partial charge is 0.214 e. The Morgan fingerprint density at radius 1 is 1.39 bits per heavy atom. The zero-order valence-electron chi connectivity index (χ0n) is 11.0. The quantitative estimate of drug-likeness (QED) is 0.816. The lowest BCUT2D eigenvalue weighted by molar-refractivity contribution is 0.0911. The van der Waals surface area contributed by atoms with Crippen molar-refractivity contribution in [3.63, 3.8) is 0 Å². The number of hydrogen-bond acceptors (Lipinski definition) is 4. The van der Waals surface area contributed by atoms with E-state index in [1.807, 2.05) is 19.9 Å². The van der Waals surface area contributed by atoms with Crippen molar-refractivity contribution in [2.24, 2.45) is 0 Å². The number of nitrogens with zero attached hydrogens (tertiary/aromatic N) is 1. The van der Waals surface area contributed by atoms with E-state index in [0.29, 0.717) is 0 Å². The lowest BCUT2D eigenvalue weighted by Gasteiger charge is -2.14. The Morgan fingerprint density at radius 2 is 2.11 bits per heavy atom. The highest BCUT2D eigenvalue weighted by molar-refractivity contribution is 7.89. The molecule has 5 nitrogen and oxygen atoms in total. The molecular weight excluding hydrogens is 252 g/mol. The molecule has 1 rings (SSSR count). The average Bonchev–Trinajstić information content (AvgIpc) is 2.28. The molecule has 0 fully saturated rings. The Hall–Kier alpha value is -0.980. The van der Waals surface area contributed by atoms with E-state index >= 15 is 0 Å². The molecule has 0 saturated carbocycles. The van der Waals surface area contributed by atoms with Crippen LogP contribution in [-0.2, 0) is 14.8 Å². The zero-order valence-corrected chi connectivity index (χ0v) is 11.8. The molecule has 0 saturated heterocycles. The molecule has 1 heterocycles. The van der Waals surface area contributed by atoms with E-state index in [1.54, 1.807) is 25.4 Å². The van der Waals surface area contributed by atoms with Crippen molar-refractivity contribution in [3.8, 4) is 0 Å². The predicted octanol–water partition coefficient (Wildman–Crippen LogP) is 1.49. The van der Waals surface area contributed by atoms with E-state index in [0.717, 1.165) is 5.56 Å². The second kappa shape index (κ2) is 6.82. The third-order valence-electron chi connectivity index (χ3n) is 2.34. The summed E-state index contributed by atoms with van der Waals surface area (Å²) in [5.41, 5.74) is 0.839. The largest absolute Gasteiger partial charge is 0.378 e. The Morgan fingerprint density at radius 3 is 2.67 bits per heavy atom. The summed E-state index contributed by atoms with van der Waals surface area (Å²) in [6, 6.07) is 3.33. The first kappa shape index (κ1) is 15.1. The summed E-state index contributed by atoms with van der Waals surface area (Å²) in [7, 11) is -3.33. The molecular formula is C12H20N2O3S. The van der Waals surface area contributed by atoms with Crippen molar-refractivity contribution in [2.45, 2.75) is 32.9 Å². The number of rotatable bonds is 7. The first-order valence-electron chi connectivity index (χ1n) is 5.92. The van der Waals surface area contributed by atoms with E-state index in [4.69, 9.17) is 4.74 Å². The summed E-state index contributed by atoms with van der Waals surface area (Å²) in [6.45, 7) is 5.74. The average molecular weight is 272 g/mol. The first-order valence-corrected chi connectivity index (χ1v) is 7.57. The molecule has 0 aromatic carbocycles. The number of hydrogen-bond donors (Lipinski definition) is 1. The summed E-state index contributed by atoms with van der Waals surface area (Å²) in [5, 5.41) is 0. The number of nitrogens with one attached hydrogen (secondary N) is 1. The Labute approximate surface area is 109 Å². The van der Waals surface area contributed by atoms with Gasteiger partial charge in [0, 0.05) is 18.4 Å². The maximum absolute atomic E-state index is 11.8. The third kappa shape index (κ3) is 5.57. The molecule has 0 spiro atoms. The minimum Gasteiger partial charge on any atom is -0.378 e. The van der Waals surface area contributed by atoms with E-state index in [2.05, 4.69) is 9.71 Å². The van der Waals surface area contributed by atoms with E-state index in [1.165, 1.54) is 0 Å². The van der Waals surface area contributed by atoms with Crippen LogP contribution in [-0.4, -0.2) is 31.9 Å². The molecule has 0 aliphatic heterocycles. The van der Waals surface area contributed by atoms with Crippen molar-refractivity contribution < 1.29 is 13.2 Å². The molecule has 1 atom stereocenters. The van der Waals surface area contributed by atoms with Crippen molar-refractivity contribution in [2.75, 3.05) is 12.4 Å². The van der Waals surface area contributed by atoms with E-state index in [9.17, 15) is 8.42 Å². The molecule has 102 valence electrons. The lowest BCUT2D eigenvalue weighted by atomic mass is 10.2. The van der Waals surface area contributed by atoms with Crippen LogP contribution in [0.5, 0.6) is 0 Å². The summed E-state index contributed by atoms with van der Waals surface area (Å²) < 4.78 is 31.4. The van der Waals surface area contributed by atoms with Gasteiger partial charge in [-0.1, -0.05) is 6.07 Å². The number of pyridine rings is 1. The standard InChI is InChI=1S/C12H20N2O3S/c1-10(2)17-7-8-18(15,16)14-11(3)12-5-4-6-13-9-12/h4-6,9-11,14H,7-8H2,1-3H3/t11-/m0/s1. The van der Waals surface area contributed by atoms with Gasteiger partial charge < -0.3 is 4.74 Å². The molecule has 1 aromatic heterocycles. The van der Waals surface area contributed by atoms with Gasteiger partial charge in [-0.25, -0.2) is 13.1 Å². The van der Waals surface area contributed by atoms with Crippen molar-refractivity contribution in [3.05, 3.63) is 30.1 Å². The highest BCUT2D eigenvalue weighted by atomic mass is 32.2. The SMILES string of the molecule is CC(C)OCCS(=O)(=O)N[C@@H](C)c1cccnc1. The van der Waals surface area contributed by atoms with Crippen LogP contribution in [0.15, 0.2) is 24.5 Å². The maximum Gasteiger partial charge on any atom is 0.214 e. The van der Waals surface area contributed by atoms with Gasteiger partial charge in [-0.05, 0) is 32.4 Å². The minimum atomic E-state index is -3.33. The number of sulfonamides is 1. The number of aromatic nitrogens is 1. The van der Waals surface area contributed by atoms with Crippen LogP contribution in [0.4, 0.5) is 0 Å². The van der Waals surface area contributed by atoms with Crippen LogP contribution in [0, 0.1) is 0 Å². The first-order chi connectivity index (χ1) is 8.41. The second-order valence-corrected chi connectivity index (χ2v) is 6.24. The predicted molar refractivity (Wildman–Crippen MR) is 70.7 cm³/mol. The number of ether oxygens (including phenoxy) is 1. The van der Waals surface area contributed by atoms with Crippen LogP contribution in [0.2, 0.25) is 0 Å². The normalized spacial score (nSPS) is 13.8. The molecule has 6 heteroatoms. The maximum atomic E-state index is 11.8. The van der Waals surface area contributed by atoms with Crippen LogP contribution >= 0.6 is 0 Å². The minimum absolute atomic E-state index is 0.0320. The molecule has 18 heavy (non-hydrogen) atoms. The summed E-state index contributed by atoms with van der Waals surface area (Å²) in [6.07, 6.45) is 3.34. The van der Waals surface area contributed by atoms with Gasteiger partial charge in [-0.2, -0.15) is 0 Å². The molecule has 0 amide bonds. The van der Waals surface area contributed by atoms with Crippen molar-refractivity contribution in [1.82, 2.24) is 9.71 Å². The van der Waals surface area contributed by atoms with Gasteiger partial charge in [-0.15, -0.1) is 0 Å². The van der Waals surface area contributed by atoms with Crippen molar-refractivity contribution >= 4 is 10.0 Å². The van der Waals surface area contributed by atoms with Gasteiger partial charge in [0.05, 0.1) is 18.5 Å². The fraction of sp³-hybridized carbons (Fsp3) is 0.583. The summed E-state index contributed by atoms with van der Waals surface area (Å²) >= 11 is 0. The zero-order chi connectivity index (χ0) is 13.6. The van der Waals surface area contributed by atoms with Crippen molar-refractivity contribution in [1.29, 1.82) is 0 Å². The topological polar surface area (TPSA) is 68.3 Å². The monoisotopic (exact) mass is 272 g/mol. The molecule has 1 aromatic rings. The molecule has 0 unspecified atom stereocenters. The highest BCUT2D eigenvalue weighted by Gasteiger charge is 2.15. The molecule has 0 aliphatic rings. The highest BCUT2D eigenvalue weighted by Crippen LogP contribution is 2.11. The molecule has 1 N–H and O–H groups in total. The van der Waals surface area contributed by atoms with Gasteiger partial charge in [0.1, 0.15) is 0 Å². The van der Waals surface area contributed by atoms with Gasteiger partial charge in [0.15, 0.2) is 0 Å². The van der Waals surface area contributed by atoms with Gasteiger partial charge in [0.2, 0.25) is 10.0 Å². The lowest BCUT2D eigenvalue weighted by Crippen LogP contribution is -2.31. The Kier molecular flexibility index (Phi) is 5.71. The van der Waals surface area contributed by atoms with Crippen LogP contribution < -0.4 is 4.72 Å². The van der Waals surface area contributed by atoms with Crippen LogP contribution in [0.25, 0.3) is 0 Å². The van der Waals surface area contributed by atoms with Gasteiger partial charge >= 0.3 is 0 Å².